The number of benzene rings is 19. The zero-order chi connectivity index (χ0) is 86.2. The summed E-state index contributed by atoms with van der Waals surface area (Å²) >= 11 is 9.34. The number of rotatable bonds is 11. The summed E-state index contributed by atoms with van der Waals surface area (Å²) in [6, 6.07) is 151. The summed E-state index contributed by atoms with van der Waals surface area (Å²) in [4.78, 5) is 8.56. The standard InChI is InChI=1S/C61H42N2S.C55H37N2S.C6H5Cl/c1-61(2)54-19-11-9-17-48(54)49-35-32-47(38-55(49)61)62(45-28-21-40(22-29-45)39-13-5-3-6-14-39)46-30-23-41(24-31-46)43-27-36-57-53(37-43)52-34-26-42-25-33-51-50-18-10-12-20-56(50)63(44-15-7-4-8-16-44)59(51)58(42)60(52)64-57;1-55(2)48-14-8-6-12-42(48)43-30-27-41(33-49(43)55)57(39-23-16-35(17-24-39)34-10-4-3-5-11-34)40-25-18-36(19-26-40)38-22-31-51-47(32-38)46-29-21-37-20-28-45-44-13-7-9-15-50(44)56-53(45)52(37)54(46)58-51;7-6-4-2-1-3-5-6/h3-38H,1-2H3;3-6,8-33,56H,1-2H3;1-5H/q;+1;. The lowest BCUT2D eigenvalue weighted by atomic mass is 9.82. The fourth-order valence-corrected chi connectivity index (χ4v) is 23.3. The molecule has 0 unspecified atom stereocenters. The molecule has 26 rings (SSSR count). The molecule has 129 heavy (non-hydrogen) atoms. The fourth-order valence-electron chi connectivity index (χ4n) is 20.6. The third kappa shape index (κ3) is 13.1. The van der Waals surface area contributed by atoms with Crippen molar-refractivity contribution in [2.24, 2.45) is 0 Å². The molecule has 1 N–H and O–H groups in total. The molecular formula is C122H84ClN4S2+. The first-order valence-electron chi connectivity index (χ1n) is 44.3. The number of para-hydroxylation sites is 2. The number of nitrogens with zero attached hydrogens (tertiary/aromatic N) is 3. The summed E-state index contributed by atoms with van der Waals surface area (Å²) < 4.78 is 7.73. The Labute approximate surface area is 762 Å². The van der Waals surface area contributed by atoms with Gasteiger partial charge in [0.1, 0.15) is 17.7 Å². The quantitative estimate of drug-likeness (QED) is 0.131. The van der Waals surface area contributed by atoms with Gasteiger partial charge in [-0.3, -0.25) is 0 Å². The van der Waals surface area contributed by atoms with Crippen molar-refractivity contribution in [2.75, 3.05) is 9.80 Å². The molecule has 0 spiro atoms. The minimum atomic E-state index is -0.0995. The van der Waals surface area contributed by atoms with Gasteiger partial charge in [-0.05, 0) is 233 Å². The number of allylic oxidation sites excluding steroid dienone is 2. The number of H-pyrrole nitrogens is 1. The van der Waals surface area contributed by atoms with Gasteiger partial charge >= 0.3 is 0 Å². The molecule has 3 aliphatic rings. The van der Waals surface area contributed by atoms with Crippen molar-refractivity contribution >= 4 is 175 Å². The molecule has 4 aromatic heterocycles. The van der Waals surface area contributed by atoms with Gasteiger partial charge in [0.05, 0.1) is 28.0 Å². The molecule has 0 saturated heterocycles. The fraction of sp³-hybridized carbons (Fsp3) is 0.0492. The highest BCUT2D eigenvalue weighted by molar-refractivity contribution is 7.27. The number of hydrogen-bond acceptors (Lipinski definition) is 4. The van der Waals surface area contributed by atoms with Gasteiger partial charge in [-0.15, -0.1) is 22.7 Å². The van der Waals surface area contributed by atoms with Crippen LogP contribution in [0.2, 0.25) is 5.02 Å². The predicted molar refractivity (Wildman–Crippen MR) is 554 cm³/mol. The number of hydrogen-bond donors (Lipinski definition) is 1. The van der Waals surface area contributed by atoms with Crippen LogP contribution in [0.25, 0.3) is 179 Å². The number of thiophene rings is 2. The van der Waals surface area contributed by atoms with E-state index in [9.17, 15) is 0 Å². The Kier molecular flexibility index (Phi) is 18.7. The first kappa shape index (κ1) is 77.3. The Morgan fingerprint density at radius 2 is 0.698 bits per heavy atom. The first-order chi connectivity index (χ1) is 63.4. The molecule has 19 aromatic carbocycles. The largest absolute Gasteiger partial charge is 0.331 e. The second-order valence-electron chi connectivity index (χ2n) is 35.1. The van der Waals surface area contributed by atoms with Gasteiger partial charge in [-0.2, -0.15) is 0 Å². The molecule has 0 atom stereocenters. The first-order valence-corrected chi connectivity index (χ1v) is 46.3. The maximum Gasteiger partial charge on any atom is 0.161 e. The normalized spacial score (nSPS) is 13.0. The van der Waals surface area contributed by atoms with Crippen LogP contribution in [0.1, 0.15) is 61.2 Å². The molecule has 0 saturated carbocycles. The van der Waals surface area contributed by atoms with Gasteiger partial charge in [0.25, 0.3) is 0 Å². The van der Waals surface area contributed by atoms with Crippen molar-refractivity contribution in [3.05, 3.63) is 463 Å². The Morgan fingerprint density at radius 3 is 1.19 bits per heavy atom. The lowest BCUT2D eigenvalue weighted by molar-refractivity contribution is 0.660. The van der Waals surface area contributed by atoms with Gasteiger partial charge in [0, 0.05) is 124 Å². The molecule has 4 heterocycles. The third-order valence-electron chi connectivity index (χ3n) is 27.1. The second kappa shape index (κ2) is 31.1. The van der Waals surface area contributed by atoms with Crippen LogP contribution >= 0.6 is 34.3 Å². The zero-order valence-electron chi connectivity index (χ0n) is 71.5. The van der Waals surface area contributed by atoms with E-state index in [0.717, 1.165) is 44.8 Å². The van der Waals surface area contributed by atoms with E-state index in [2.05, 4.69) is 447 Å². The second-order valence-corrected chi connectivity index (χ2v) is 37.7. The molecule has 0 amide bonds. The van der Waals surface area contributed by atoms with Crippen LogP contribution in [0.15, 0.2) is 419 Å². The number of aromatic nitrogens is 2. The van der Waals surface area contributed by atoms with Crippen LogP contribution < -0.4 is 9.80 Å². The van der Waals surface area contributed by atoms with Crippen LogP contribution in [0.4, 0.5) is 34.1 Å². The summed E-state index contributed by atoms with van der Waals surface area (Å²) in [6.07, 6.45) is 9.47. The van der Waals surface area contributed by atoms with Gasteiger partial charge in [0.2, 0.25) is 0 Å². The molecule has 4 nitrogen and oxygen atoms in total. The van der Waals surface area contributed by atoms with E-state index in [0.29, 0.717) is 0 Å². The summed E-state index contributed by atoms with van der Waals surface area (Å²) in [7, 11) is 0. The lowest BCUT2D eigenvalue weighted by Gasteiger charge is -2.28. The molecular weight excluding hydrogens is 1620 g/mol. The van der Waals surface area contributed by atoms with Crippen molar-refractivity contribution in [2.45, 2.75) is 38.5 Å². The van der Waals surface area contributed by atoms with E-state index in [1.54, 1.807) is 0 Å². The van der Waals surface area contributed by atoms with Gasteiger partial charge in [-0.25, -0.2) is 0 Å². The Bertz CT molecular complexity index is 8450. The number of anilines is 6. The lowest BCUT2D eigenvalue weighted by Crippen LogP contribution is -2.16. The van der Waals surface area contributed by atoms with E-state index < -0.39 is 0 Å². The smallest absolute Gasteiger partial charge is 0.161 e. The molecule has 3 aliphatic carbocycles. The summed E-state index contributed by atoms with van der Waals surface area (Å²) in [6.45, 7) is 9.42. The molecule has 0 radical (unpaired) electrons. The maximum absolute atomic E-state index is 5.54. The third-order valence-corrected chi connectivity index (χ3v) is 29.7. The van der Waals surface area contributed by atoms with E-state index in [1.807, 2.05) is 59.1 Å². The molecule has 610 valence electrons. The highest BCUT2D eigenvalue weighted by atomic mass is 35.5. The molecule has 7 heteroatoms. The van der Waals surface area contributed by atoms with Crippen molar-refractivity contribution in [1.29, 1.82) is 0 Å². The van der Waals surface area contributed by atoms with Crippen molar-refractivity contribution in [1.82, 2.24) is 9.55 Å². The summed E-state index contributed by atoms with van der Waals surface area (Å²) in [5.74, 6) is 0. The Balaban J connectivity index is 0.000000134. The Morgan fingerprint density at radius 1 is 0.310 bits per heavy atom. The zero-order valence-corrected chi connectivity index (χ0v) is 73.9. The van der Waals surface area contributed by atoms with E-state index in [1.165, 1.54) is 195 Å². The number of fused-ring (bicyclic) bond motifs is 24. The van der Waals surface area contributed by atoms with E-state index in [-0.39, 0.29) is 10.8 Å². The molecule has 0 aliphatic heterocycles. The monoisotopic (exact) mass is 1700 g/mol. The number of aromatic amines is 1. The summed E-state index contributed by atoms with van der Waals surface area (Å²) in [5, 5.41) is 14.9. The van der Waals surface area contributed by atoms with Crippen LogP contribution in [0, 0.1) is 6.08 Å². The minimum absolute atomic E-state index is 0.0916. The molecule has 23 aromatic rings. The van der Waals surface area contributed by atoms with Gasteiger partial charge in [0.15, 0.2) is 5.69 Å². The van der Waals surface area contributed by atoms with Crippen LogP contribution in [0.3, 0.4) is 0 Å². The highest BCUT2D eigenvalue weighted by Crippen LogP contribution is 2.55. The van der Waals surface area contributed by atoms with Crippen molar-refractivity contribution < 1.29 is 0 Å². The maximum atomic E-state index is 5.54. The average Bonchev–Trinajstić information content (AvgIpc) is 1.56. The van der Waals surface area contributed by atoms with E-state index in [4.69, 9.17) is 11.6 Å². The Hall–Kier alpha value is -15.2. The summed E-state index contributed by atoms with van der Waals surface area (Å²) in [5.41, 5.74) is 34.4. The predicted octanol–water partition coefficient (Wildman–Crippen LogP) is 35.4. The van der Waals surface area contributed by atoms with Crippen molar-refractivity contribution in [3.63, 3.8) is 0 Å². The number of nitrogens with one attached hydrogen (secondary N) is 1. The van der Waals surface area contributed by atoms with Crippen LogP contribution in [-0.2, 0) is 10.8 Å². The number of halogens is 1. The minimum Gasteiger partial charge on any atom is -0.331 e. The van der Waals surface area contributed by atoms with E-state index >= 15 is 0 Å². The van der Waals surface area contributed by atoms with Crippen LogP contribution in [-0.4, -0.2) is 9.55 Å². The van der Waals surface area contributed by atoms with Gasteiger partial charge in [-0.1, -0.05) is 318 Å². The highest BCUT2D eigenvalue weighted by Gasteiger charge is 2.38. The average molecular weight is 1710 g/mol. The molecule has 0 fully saturated rings. The topological polar surface area (TPSA) is 27.2 Å². The SMILES string of the molecule is CC1(C)c2ccccc2-c2ccc(N(c3ccc(-c4ccccc4)cc3)c3ccc(-c4ccc5sc6c(ccc7ccc8c9c([nH]c8c76)C=C[C+]=C9)c5c4)cc3)cc21.CC1(C)c2ccccc2-c2ccc(N(c3ccc(-c4ccccc4)cc3)c3ccc(-c4ccc5sc6c(ccc7ccc8c9ccccc9n(-c9ccccc9)c8c76)c5c4)cc3)cc21.Clc1ccccc1. The van der Waals surface area contributed by atoms with Crippen molar-refractivity contribution in [3.8, 4) is 72.4 Å². The van der Waals surface area contributed by atoms with Crippen LogP contribution in [0.5, 0.6) is 0 Å². The van der Waals surface area contributed by atoms with Gasteiger partial charge < -0.3 is 19.4 Å². The molecule has 0 bridgehead atoms.